The molecular weight excluding hydrogens is 274 g/mol. The normalized spacial score (nSPS) is 30.8. The lowest BCUT2D eigenvalue weighted by molar-refractivity contribution is -0.123. The van der Waals surface area contributed by atoms with Crippen LogP contribution in [0.4, 0.5) is 5.13 Å². The zero-order valence-corrected chi connectivity index (χ0v) is 12.4. The van der Waals surface area contributed by atoms with Gasteiger partial charge in [-0.05, 0) is 19.3 Å². The number of anilines is 1. The maximum atomic E-state index is 12.0. The Hall–Kier alpha value is -0.980. The molecule has 3 rings (SSSR count). The predicted molar refractivity (Wildman–Crippen MR) is 78.7 cm³/mol. The minimum atomic E-state index is -0.472. The van der Waals surface area contributed by atoms with Crippen molar-refractivity contribution in [2.24, 2.45) is 5.92 Å². The number of thiazole rings is 1. The lowest BCUT2D eigenvalue weighted by Gasteiger charge is -2.47. The molecule has 1 amide bonds. The third-order valence-corrected chi connectivity index (χ3v) is 5.25. The van der Waals surface area contributed by atoms with Crippen LogP contribution in [-0.4, -0.2) is 46.1 Å². The van der Waals surface area contributed by atoms with Crippen LogP contribution in [0.15, 0.2) is 11.6 Å². The van der Waals surface area contributed by atoms with Gasteiger partial charge in [-0.15, -0.1) is 11.3 Å². The van der Waals surface area contributed by atoms with Crippen molar-refractivity contribution in [3.8, 4) is 0 Å². The molecule has 1 aliphatic carbocycles. The topological polar surface area (TPSA) is 65.5 Å². The van der Waals surface area contributed by atoms with E-state index in [1.54, 1.807) is 6.20 Å². The van der Waals surface area contributed by atoms with Crippen LogP contribution in [0, 0.1) is 5.92 Å². The highest BCUT2D eigenvalue weighted by Gasteiger charge is 2.42. The molecule has 2 atom stereocenters. The van der Waals surface area contributed by atoms with Crippen LogP contribution in [0.2, 0.25) is 0 Å². The fraction of sp³-hybridized carbons (Fsp3) is 0.714. The number of rotatable bonds is 3. The predicted octanol–water partition coefficient (Wildman–Crippen LogP) is 1.71. The van der Waals surface area contributed by atoms with E-state index in [0.717, 1.165) is 38.8 Å². The van der Waals surface area contributed by atoms with Crippen molar-refractivity contribution in [3.05, 3.63) is 11.6 Å². The molecule has 1 aliphatic heterocycles. The smallest absolute Gasteiger partial charge is 0.240 e. The summed E-state index contributed by atoms with van der Waals surface area (Å²) in [4.78, 5) is 18.2. The van der Waals surface area contributed by atoms with Crippen molar-refractivity contribution < 1.29 is 9.90 Å². The maximum absolute atomic E-state index is 12.0. The SMILES string of the molecule is O=C(CN1CCC2(O)CCCCC2C1)Nc1nccs1. The first-order valence-corrected chi connectivity index (χ1v) is 8.18. The number of piperidine rings is 1. The average Bonchev–Trinajstić information content (AvgIpc) is 2.91. The molecular formula is C14H21N3O2S. The van der Waals surface area contributed by atoms with E-state index in [1.165, 1.54) is 17.8 Å². The highest BCUT2D eigenvalue weighted by atomic mass is 32.1. The average molecular weight is 295 g/mol. The molecule has 0 bridgehead atoms. The first kappa shape index (κ1) is 14.0. The van der Waals surface area contributed by atoms with E-state index >= 15 is 0 Å². The molecule has 0 radical (unpaired) electrons. The van der Waals surface area contributed by atoms with Crippen LogP contribution in [-0.2, 0) is 4.79 Å². The van der Waals surface area contributed by atoms with E-state index in [9.17, 15) is 9.90 Å². The Labute approximate surface area is 123 Å². The molecule has 1 saturated heterocycles. The standard InChI is InChI=1S/C14H21N3O2S/c18-12(16-13-15-6-8-20-13)10-17-7-5-14(19)4-2-1-3-11(14)9-17/h6,8,11,19H,1-5,7,9-10H2,(H,15,16,18). The van der Waals surface area contributed by atoms with Gasteiger partial charge in [0.2, 0.25) is 5.91 Å². The molecule has 0 spiro atoms. The van der Waals surface area contributed by atoms with E-state index in [4.69, 9.17) is 0 Å². The van der Waals surface area contributed by atoms with Crippen LogP contribution < -0.4 is 5.32 Å². The van der Waals surface area contributed by atoms with Gasteiger partial charge in [-0.25, -0.2) is 4.98 Å². The highest BCUT2D eigenvalue weighted by Crippen LogP contribution is 2.39. The van der Waals surface area contributed by atoms with Gasteiger partial charge in [0, 0.05) is 30.6 Å². The largest absolute Gasteiger partial charge is 0.390 e. The molecule has 1 saturated carbocycles. The molecule has 6 heteroatoms. The van der Waals surface area contributed by atoms with Crippen LogP contribution >= 0.6 is 11.3 Å². The minimum Gasteiger partial charge on any atom is -0.390 e. The van der Waals surface area contributed by atoms with Crippen molar-refractivity contribution >= 4 is 22.4 Å². The van der Waals surface area contributed by atoms with Crippen molar-refractivity contribution in [2.45, 2.75) is 37.7 Å². The molecule has 0 aromatic carbocycles. The Bertz CT molecular complexity index is 465. The fourth-order valence-electron chi connectivity index (χ4n) is 3.43. The fourth-order valence-corrected chi connectivity index (χ4v) is 3.98. The van der Waals surface area contributed by atoms with Crippen molar-refractivity contribution in [1.82, 2.24) is 9.88 Å². The number of nitrogens with one attached hydrogen (secondary N) is 1. The molecule has 2 fully saturated rings. The second-order valence-electron chi connectivity index (χ2n) is 5.92. The number of hydrogen-bond donors (Lipinski definition) is 2. The summed E-state index contributed by atoms with van der Waals surface area (Å²) in [5.74, 6) is 0.318. The zero-order chi connectivity index (χ0) is 14.0. The van der Waals surface area contributed by atoms with Crippen LogP contribution in [0.1, 0.15) is 32.1 Å². The summed E-state index contributed by atoms with van der Waals surface area (Å²) in [5.41, 5.74) is -0.472. The summed E-state index contributed by atoms with van der Waals surface area (Å²) in [6, 6.07) is 0. The van der Waals surface area contributed by atoms with Crippen molar-refractivity contribution in [1.29, 1.82) is 0 Å². The van der Waals surface area contributed by atoms with Gasteiger partial charge >= 0.3 is 0 Å². The number of hydrogen-bond acceptors (Lipinski definition) is 5. The molecule has 1 aromatic rings. The number of fused-ring (bicyclic) bond motifs is 1. The summed E-state index contributed by atoms with van der Waals surface area (Å²) in [7, 11) is 0. The lowest BCUT2D eigenvalue weighted by atomic mass is 9.71. The van der Waals surface area contributed by atoms with Gasteiger partial charge in [0.1, 0.15) is 0 Å². The molecule has 5 nitrogen and oxygen atoms in total. The molecule has 2 heterocycles. The molecule has 2 aliphatic rings. The summed E-state index contributed by atoms with van der Waals surface area (Å²) < 4.78 is 0. The first-order chi connectivity index (χ1) is 9.66. The van der Waals surface area contributed by atoms with Crippen LogP contribution in [0.3, 0.4) is 0 Å². The summed E-state index contributed by atoms with van der Waals surface area (Å²) in [6.45, 7) is 2.03. The van der Waals surface area contributed by atoms with Gasteiger partial charge < -0.3 is 10.4 Å². The first-order valence-electron chi connectivity index (χ1n) is 7.30. The second kappa shape index (κ2) is 5.79. The number of carbonyl (C=O) groups excluding carboxylic acids is 1. The van der Waals surface area contributed by atoms with Gasteiger partial charge in [0.25, 0.3) is 0 Å². The van der Waals surface area contributed by atoms with Gasteiger partial charge in [-0.1, -0.05) is 12.8 Å². The number of likely N-dealkylation sites (tertiary alicyclic amines) is 1. The highest BCUT2D eigenvalue weighted by molar-refractivity contribution is 7.13. The third kappa shape index (κ3) is 3.02. The van der Waals surface area contributed by atoms with Gasteiger partial charge in [-0.2, -0.15) is 0 Å². The van der Waals surface area contributed by atoms with Gasteiger partial charge in [0.05, 0.1) is 12.1 Å². The number of nitrogens with zero attached hydrogens (tertiary/aromatic N) is 2. The van der Waals surface area contributed by atoms with Crippen molar-refractivity contribution in [2.75, 3.05) is 25.0 Å². The van der Waals surface area contributed by atoms with Crippen LogP contribution in [0.25, 0.3) is 0 Å². The van der Waals surface area contributed by atoms with Gasteiger partial charge in [0.15, 0.2) is 5.13 Å². The van der Waals surface area contributed by atoms with Crippen molar-refractivity contribution in [3.63, 3.8) is 0 Å². The Kier molecular flexibility index (Phi) is 4.05. The minimum absolute atomic E-state index is 0.0128. The number of carbonyl (C=O) groups is 1. The second-order valence-corrected chi connectivity index (χ2v) is 6.81. The summed E-state index contributed by atoms with van der Waals surface area (Å²) in [5, 5.41) is 15.9. The molecule has 1 aromatic heterocycles. The lowest BCUT2D eigenvalue weighted by Crippen LogP contribution is -2.54. The quantitative estimate of drug-likeness (QED) is 0.891. The molecule has 2 N–H and O–H groups in total. The number of aliphatic hydroxyl groups is 1. The van der Waals surface area contributed by atoms with Gasteiger partial charge in [-0.3, -0.25) is 9.69 Å². The Morgan fingerprint density at radius 3 is 3.25 bits per heavy atom. The number of aromatic nitrogens is 1. The van der Waals surface area contributed by atoms with E-state index < -0.39 is 5.60 Å². The molecule has 20 heavy (non-hydrogen) atoms. The molecule has 110 valence electrons. The zero-order valence-electron chi connectivity index (χ0n) is 11.5. The summed E-state index contributed by atoms with van der Waals surface area (Å²) in [6.07, 6.45) is 6.83. The van der Waals surface area contributed by atoms with E-state index in [2.05, 4.69) is 15.2 Å². The third-order valence-electron chi connectivity index (χ3n) is 4.56. The Morgan fingerprint density at radius 2 is 2.45 bits per heavy atom. The number of amides is 1. The maximum Gasteiger partial charge on any atom is 0.240 e. The summed E-state index contributed by atoms with van der Waals surface area (Å²) >= 11 is 1.43. The Morgan fingerprint density at radius 1 is 1.55 bits per heavy atom. The van der Waals surface area contributed by atoms with E-state index in [0.29, 0.717) is 17.6 Å². The Balaban J connectivity index is 1.53. The van der Waals surface area contributed by atoms with E-state index in [-0.39, 0.29) is 5.91 Å². The van der Waals surface area contributed by atoms with Crippen LogP contribution in [0.5, 0.6) is 0 Å². The monoisotopic (exact) mass is 295 g/mol. The molecule has 2 unspecified atom stereocenters. The van der Waals surface area contributed by atoms with E-state index in [1.807, 2.05) is 5.38 Å².